The molecule has 2 rings (SSSR count). The van der Waals surface area contributed by atoms with Gasteiger partial charge in [0.25, 0.3) is 0 Å². The molecular weight excluding hydrogens is 349 g/mol. The van der Waals surface area contributed by atoms with Gasteiger partial charge in [0.15, 0.2) is 0 Å². The van der Waals surface area contributed by atoms with Gasteiger partial charge in [-0.2, -0.15) is 5.10 Å². The van der Waals surface area contributed by atoms with E-state index in [2.05, 4.69) is 34.5 Å². The number of hydrogen-bond donors (Lipinski definition) is 2. The number of carbonyl (C=O) groups is 1. The van der Waals surface area contributed by atoms with Crippen LogP contribution in [0, 0.1) is 5.92 Å². The molecule has 6 nitrogen and oxygen atoms in total. The second-order valence-corrected chi connectivity index (χ2v) is 6.59. The molecule has 0 aromatic carbocycles. The quantitative estimate of drug-likeness (QED) is 0.790. The summed E-state index contributed by atoms with van der Waals surface area (Å²) in [5, 5.41) is 10.3. The first-order chi connectivity index (χ1) is 10.5. The number of likely N-dealkylation sites (N-methyl/N-ethyl adjacent to an activating group) is 1. The maximum atomic E-state index is 12.5. The Bertz CT molecular complexity index is 497. The molecule has 8 heteroatoms. The van der Waals surface area contributed by atoms with E-state index < -0.39 is 0 Å². The van der Waals surface area contributed by atoms with E-state index in [1.54, 1.807) is 17.9 Å². The van der Waals surface area contributed by atoms with Crippen LogP contribution >= 0.6 is 24.8 Å². The largest absolute Gasteiger partial charge is 0.351 e. The molecule has 1 amide bonds. The second-order valence-electron chi connectivity index (χ2n) is 6.59. The molecule has 140 valence electrons. The maximum absolute atomic E-state index is 12.5. The van der Waals surface area contributed by atoms with Crippen LogP contribution in [0.4, 0.5) is 0 Å². The lowest BCUT2D eigenvalue weighted by molar-refractivity contribution is -0.123. The highest BCUT2D eigenvalue weighted by Gasteiger charge is 2.23. The number of nitrogens with zero attached hydrogens (tertiary/aromatic N) is 3. The fourth-order valence-corrected chi connectivity index (χ4v) is 3.25. The Labute approximate surface area is 157 Å². The van der Waals surface area contributed by atoms with Crippen molar-refractivity contribution in [1.29, 1.82) is 0 Å². The molecule has 2 N–H and O–H groups in total. The Morgan fingerprint density at radius 1 is 1.46 bits per heavy atom. The highest BCUT2D eigenvalue weighted by atomic mass is 35.5. The molecule has 0 spiro atoms. The highest BCUT2D eigenvalue weighted by Crippen LogP contribution is 2.16. The lowest BCUT2D eigenvalue weighted by Gasteiger charge is -2.33. The van der Waals surface area contributed by atoms with E-state index in [4.69, 9.17) is 0 Å². The molecule has 1 fully saturated rings. The minimum Gasteiger partial charge on any atom is -0.351 e. The number of aromatic nitrogens is 2. The predicted octanol–water partition coefficient (Wildman–Crippen LogP) is 1.76. The van der Waals surface area contributed by atoms with Crippen molar-refractivity contribution in [1.82, 2.24) is 25.3 Å². The van der Waals surface area contributed by atoms with Gasteiger partial charge in [0.2, 0.25) is 5.91 Å². The number of halogens is 2. The van der Waals surface area contributed by atoms with Gasteiger partial charge in [0, 0.05) is 37.9 Å². The number of rotatable bonds is 6. The van der Waals surface area contributed by atoms with Crippen LogP contribution in [0.25, 0.3) is 0 Å². The van der Waals surface area contributed by atoms with Crippen LogP contribution < -0.4 is 10.6 Å². The van der Waals surface area contributed by atoms with Crippen LogP contribution in [0.15, 0.2) is 12.4 Å². The van der Waals surface area contributed by atoms with E-state index in [-0.39, 0.29) is 42.8 Å². The molecule has 1 aromatic heterocycles. The van der Waals surface area contributed by atoms with Crippen molar-refractivity contribution in [3.8, 4) is 0 Å². The van der Waals surface area contributed by atoms with Gasteiger partial charge in [-0.3, -0.25) is 9.48 Å². The molecule has 0 aliphatic carbocycles. The monoisotopic (exact) mass is 379 g/mol. The van der Waals surface area contributed by atoms with E-state index in [1.165, 1.54) is 12.8 Å². The summed E-state index contributed by atoms with van der Waals surface area (Å²) >= 11 is 0. The Kier molecular flexibility index (Phi) is 10.6. The van der Waals surface area contributed by atoms with Crippen molar-refractivity contribution in [2.24, 2.45) is 13.0 Å². The number of amides is 1. The summed E-state index contributed by atoms with van der Waals surface area (Å²) in [7, 11) is 3.66. The van der Waals surface area contributed by atoms with E-state index in [9.17, 15) is 4.79 Å². The number of hydrogen-bond acceptors (Lipinski definition) is 4. The summed E-state index contributed by atoms with van der Waals surface area (Å²) in [4.78, 5) is 14.9. The van der Waals surface area contributed by atoms with Gasteiger partial charge in [0.05, 0.1) is 6.20 Å². The maximum Gasteiger partial charge on any atom is 0.242 e. The van der Waals surface area contributed by atoms with Crippen molar-refractivity contribution in [3.05, 3.63) is 18.0 Å². The summed E-state index contributed by atoms with van der Waals surface area (Å²) in [5.41, 5.74) is 0.890. The van der Waals surface area contributed by atoms with Gasteiger partial charge in [-0.1, -0.05) is 6.92 Å². The fourth-order valence-electron chi connectivity index (χ4n) is 3.25. The van der Waals surface area contributed by atoms with Gasteiger partial charge in [-0.15, -0.1) is 24.8 Å². The SMILES string of the molecule is CNC(C(=O)NC(C)CN1CCCC(C)C1)c1cnn(C)c1.Cl.Cl. The standard InChI is InChI=1S/C16H29N5O.2ClH/c1-12-6-5-7-21(9-12)10-13(2)19-16(22)15(17-3)14-8-18-20(4)11-14;;/h8,11-13,15,17H,5-7,9-10H2,1-4H3,(H,19,22);2*1H. The lowest BCUT2D eigenvalue weighted by atomic mass is 10.00. The summed E-state index contributed by atoms with van der Waals surface area (Å²) in [5.74, 6) is 0.769. The van der Waals surface area contributed by atoms with E-state index in [0.29, 0.717) is 0 Å². The van der Waals surface area contributed by atoms with Gasteiger partial charge in [-0.25, -0.2) is 0 Å². The minimum absolute atomic E-state index is 0. The average Bonchev–Trinajstić information content (AvgIpc) is 2.85. The Hall–Kier alpha value is -0.820. The predicted molar refractivity (Wildman–Crippen MR) is 102 cm³/mol. The van der Waals surface area contributed by atoms with Crippen LogP contribution in [0.5, 0.6) is 0 Å². The first-order valence-electron chi connectivity index (χ1n) is 8.18. The molecule has 3 unspecified atom stereocenters. The smallest absolute Gasteiger partial charge is 0.242 e. The number of nitrogens with one attached hydrogen (secondary N) is 2. The van der Waals surface area contributed by atoms with Crippen molar-refractivity contribution >= 4 is 30.7 Å². The number of aryl methyl sites for hydroxylation is 1. The van der Waals surface area contributed by atoms with Gasteiger partial charge >= 0.3 is 0 Å². The first-order valence-corrected chi connectivity index (χ1v) is 8.18. The molecular formula is C16H31Cl2N5O. The summed E-state index contributed by atoms with van der Waals surface area (Å²) in [6.45, 7) is 7.57. The minimum atomic E-state index is -0.351. The van der Waals surface area contributed by atoms with Gasteiger partial charge < -0.3 is 15.5 Å². The molecule has 0 saturated carbocycles. The summed E-state index contributed by atoms with van der Waals surface area (Å²) < 4.78 is 1.71. The van der Waals surface area contributed by atoms with Gasteiger partial charge in [0.1, 0.15) is 6.04 Å². The zero-order valence-corrected chi connectivity index (χ0v) is 16.6. The van der Waals surface area contributed by atoms with Crippen LogP contribution in [0.3, 0.4) is 0 Å². The zero-order chi connectivity index (χ0) is 16.1. The first kappa shape index (κ1) is 23.2. The number of piperidine rings is 1. The van der Waals surface area contributed by atoms with Crippen molar-refractivity contribution < 1.29 is 4.79 Å². The van der Waals surface area contributed by atoms with E-state index in [0.717, 1.165) is 31.1 Å². The Morgan fingerprint density at radius 3 is 2.71 bits per heavy atom. The van der Waals surface area contributed by atoms with Crippen molar-refractivity contribution in [2.45, 2.75) is 38.8 Å². The van der Waals surface area contributed by atoms with Crippen LogP contribution in [-0.4, -0.2) is 53.3 Å². The fraction of sp³-hybridized carbons (Fsp3) is 0.750. The van der Waals surface area contributed by atoms with Crippen molar-refractivity contribution in [3.63, 3.8) is 0 Å². The molecule has 0 radical (unpaired) electrons. The third-order valence-corrected chi connectivity index (χ3v) is 4.27. The molecule has 3 atom stereocenters. The number of carbonyl (C=O) groups excluding carboxylic acids is 1. The number of likely N-dealkylation sites (tertiary alicyclic amines) is 1. The third-order valence-electron chi connectivity index (χ3n) is 4.27. The molecule has 1 aliphatic heterocycles. The second kappa shape index (κ2) is 10.9. The van der Waals surface area contributed by atoms with Crippen LogP contribution in [-0.2, 0) is 11.8 Å². The third kappa shape index (κ3) is 6.59. The van der Waals surface area contributed by atoms with E-state index >= 15 is 0 Å². The molecule has 1 saturated heterocycles. The molecule has 2 heterocycles. The Morgan fingerprint density at radius 2 is 2.17 bits per heavy atom. The Balaban J connectivity index is 0.00000264. The van der Waals surface area contributed by atoms with Gasteiger partial charge in [-0.05, 0) is 39.3 Å². The topological polar surface area (TPSA) is 62.2 Å². The normalized spacial score (nSPS) is 20.4. The lowest BCUT2D eigenvalue weighted by Crippen LogP contribution is -2.47. The molecule has 1 aliphatic rings. The molecule has 0 bridgehead atoms. The van der Waals surface area contributed by atoms with Crippen molar-refractivity contribution in [2.75, 3.05) is 26.7 Å². The summed E-state index contributed by atoms with van der Waals surface area (Å²) in [6, 6.07) is -0.207. The molecule has 24 heavy (non-hydrogen) atoms. The van der Waals surface area contributed by atoms with E-state index in [1.807, 2.05) is 13.2 Å². The molecule has 1 aromatic rings. The summed E-state index contributed by atoms with van der Waals surface area (Å²) in [6.07, 6.45) is 6.19. The average molecular weight is 380 g/mol. The van der Waals surface area contributed by atoms with Crippen LogP contribution in [0.1, 0.15) is 38.3 Å². The highest BCUT2D eigenvalue weighted by molar-refractivity contribution is 5.85. The van der Waals surface area contributed by atoms with Crippen LogP contribution in [0.2, 0.25) is 0 Å². The zero-order valence-electron chi connectivity index (χ0n) is 15.0.